The van der Waals surface area contributed by atoms with Crippen LogP contribution in [0, 0.1) is 18.6 Å². The van der Waals surface area contributed by atoms with E-state index in [0.29, 0.717) is 23.7 Å². The van der Waals surface area contributed by atoms with Crippen LogP contribution < -0.4 is 0 Å². The van der Waals surface area contributed by atoms with Crippen LogP contribution in [0.25, 0.3) is 10.6 Å². The van der Waals surface area contributed by atoms with Crippen LogP contribution in [-0.4, -0.2) is 28.9 Å². The number of aryl methyl sites for hydroxylation is 1. The van der Waals surface area contributed by atoms with Gasteiger partial charge in [0.25, 0.3) is 5.91 Å². The summed E-state index contributed by atoms with van der Waals surface area (Å²) in [5.41, 5.74) is 0.318. The van der Waals surface area contributed by atoms with Crippen LogP contribution in [0.15, 0.2) is 18.2 Å². The van der Waals surface area contributed by atoms with E-state index in [1.807, 2.05) is 13.8 Å². The summed E-state index contributed by atoms with van der Waals surface area (Å²) in [5, 5.41) is 0.193. The first-order chi connectivity index (χ1) is 9.99. The van der Waals surface area contributed by atoms with E-state index >= 15 is 0 Å². The first-order valence-corrected chi connectivity index (χ1v) is 7.52. The Kier molecular flexibility index (Phi) is 4.67. The number of carbonyl (C=O) groups excluding carboxylic acids is 1. The Balaban J connectivity index is 2.47. The van der Waals surface area contributed by atoms with Crippen LogP contribution in [0.5, 0.6) is 0 Å². The van der Waals surface area contributed by atoms with Crippen molar-refractivity contribution in [1.29, 1.82) is 0 Å². The van der Waals surface area contributed by atoms with E-state index in [2.05, 4.69) is 4.98 Å². The van der Waals surface area contributed by atoms with Gasteiger partial charge in [-0.05, 0) is 32.9 Å². The van der Waals surface area contributed by atoms with Gasteiger partial charge in [0.05, 0.1) is 11.3 Å². The molecule has 0 atom stereocenters. The molecule has 0 bridgehead atoms. The Hall–Kier alpha value is -1.82. The number of nitrogens with zero attached hydrogens (tertiary/aromatic N) is 2. The zero-order valence-electron chi connectivity index (χ0n) is 12.1. The Morgan fingerprint density at radius 1 is 1.24 bits per heavy atom. The minimum Gasteiger partial charge on any atom is -0.338 e. The van der Waals surface area contributed by atoms with Crippen molar-refractivity contribution in [1.82, 2.24) is 9.88 Å². The van der Waals surface area contributed by atoms with Crippen LogP contribution in [0.1, 0.15) is 29.2 Å². The van der Waals surface area contributed by atoms with Crippen molar-refractivity contribution >= 4 is 17.2 Å². The molecule has 0 fully saturated rings. The van der Waals surface area contributed by atoms with E-state index in [-0.39, 0.29) is 16.5 Å². The quantitative estimate of drug-likeness (QED) is 0.858. The largest absolute Gasteiger partial charge is 0.338 e. The second kappa shape index (κ2) is 6.30. The minimum atomic E-state index is -0.675. The molecule has 0 radical (unpaired) electrons. The van der Waals surface area contributed by atoms with Crippen molar-refractivity contribution in [3.8, 4) is 10.6 Å². The van der Waals surface area contributed by atoms with Gasteiger partial charge in [0, 0.05) is 13.1 Å². The lowest BCUT2D eigenvalue weighted by atomic mass is 10.2. The van der Waals surface area contributed by atoms with E-state index in [0.717, 1.165) is 11.3 Å². The Morgan fingerprint density at radius 3 is 2.33 bits per heavy atom. The van der Waals surface area contributed by atoms with Gasteiger partial charge in [0.1, 0.15) is 21.5 Å². The molecule has 0 aliphatic carbocycles. The van der Waals surface area contributed by atoms with Gasteiger partial charge >= 0.3 is 0 Å². The summed E-state index contributed by atoms with van der Waals surface area (Å²) in [4.78, 5) is 18.6. The number of amides is 1. The fraction of sp³-hybridized carbons (Fsp3) is 0.333. The van der Waals surface area contributed by atoms with Crippen molar-refractivity contribution in [3.05, 3.63) is 40.4 Å². The monoisotopic (exact) mass is 310 g/mol. The summed E-state index contributed by atoms with van der Waals surface area (Å²) in [7, 11) is 0. The third-order valence-corrected chi connectivity index (χ3v) is 4.38. The van der Waals surface area contributed by atoms with E-state index < -0.39 is 11.6 Å². The molecule has 0 N–H and O–H groups in total. The van der Waals surface area contributed by atoms with E-state index in [1.54, 1.807) is 11.8 Å². The second-order valence-electron chi connectivity index (χ2n) is 4.51. The lowest BCUT2D eigenvalue weighted by molar-refractivity contribution is 0.0777. The molecule has 0 aliphatic rings. The average molecular weight is 310 g/mol. The molecule has 112 valence electrons. The maximum atomic E-state index is 13.8. The Morgan fingerprint density at radius 2 is 1.81 bits per heavy atom. The molecule has 0 unspecified atom stereocenters. The fourth-order valence-electron chi connectivity index (χ4n) is 2.06. The smallest absolute Gasteiger partial charge is 0.265 e. The Labute approximate surface area is 126 Å². The van der Waals surface area contributed by atoms with Crippen molar-refractivity contribution in [2.75, 3.05) is 13.1 Å². The molecule has 21 heavy (non-hydrogen) atoms. The van der Waals surface area contributed by atoms with Crippen molar-refractivity contribution < 1.29 is 13.6 Å². The molecular weight excluding hydrogens is 294 g/mol. The van der Waals surface area contributed by atoms with Gasteiger partial charge in [0.2, 0.25) is 0 Å². The van der Waals surface area contributed by atoms with E-state index in [4.69, 9.17) is 0 Å². The molecule has 0 spiro atoms. The number of carbonyl (C=O) groups is 1. The van der Waals surface area contributed by atoms with Gasteiger partial charge < -0.3 is 4.90 Å². The maximum absolute atomic E-state index is 13.8. The zero-order chi connectivity index (χ0) is 15.6. The van der Waals surface area contributed by atoms with E-state index in [9.17, 15) is 13.6 Å². The minimum absolute atomic E-state index is 0.155. The molecule has 6 heteroatoms. The number of thiazole rings is 1. The normalized spacial score (nSPS) is 10.7. The molecule has 1 heterocycles. The lowest BCUT2D eigenvalue weighted by Gasteiger charge is -2.17. The number of hydrogen-bond acceptors (Lipinski definition) is 3. The maximum Gasteiger partial charge on any atom is 0.265 e. The predicted octanol–water partition coefficient (Wildman–Crippen LogP) is 3.88. The molecule has 0 saturated heterocycles. The van der Waals surface area contributed by atoms with Gasteiger partial charge in [-0.1, -0.05) is 6.07 Å². The van der Waals surface area contributed by atoms with Crippen LogP contribution in [-0.2, 0) is 0 Å². The average Bonchev–Trinajstić information content (AvgIpc) is 2.81. The van der Waals surface area contributed by atoms with Crippen LogP contribution in [0.4, 0.5) is 8.78 Å². The highest BCUT2D eigenvalue weighted by Crippen LogP contribution is 2.32. The topological polar surface area (TPSA) is 33.2 Å². The summed E-state index contributed by atoms with van der Waals surface area (Å²) in [5.74, 6) is -1.51. The second-order valence-corrected chi connectivity index (χ2v) is 5.51. The molecule has 3 nitrogen and oxygen atoms in total. The molecule has 1 amide bonds. The summed E-state index contributed by atoms with van der Waals surface area (Å²) >= 11 is 1.03. The molecule has 2 rings (SSSR count). The summed E-state index contributed by atoms with van der Waals surface area (Å²) in [6.07, 6.45) is 0. The van der Waals surface area contributed by atoms with Crippen LogP contribution in [0.3, 0.4) is 0 Å². The van der Waals surface area contributed by atoms with Crippen molar-refractivity contribution in [2.45, 2.75) is 20.8 Å². The number of halogens is 2. The van der Waals surface area contributed by atoms with Gasteiger partial charge in [0.15, 0.2) is 0 Å². The number of aromatic nitrogens is 1. The van der Waals surface area contributed by atoms with Crippen molar-refractivity contribution in [2.24, 2.45) is 0 Å². The van der Waals surface area contributed by atoms with E-state index in [1.165, 1.54) is 18.2 Å². The van der Waals surface area contributed by atoms with Crippen LogP contribution in [0.2, 0.25) is 0 Å². The zero-order valence-corrected chi connectivity index (χ0v) is 12.9. The SMILES string of the molecule is CCN(CC)C(=O)c1sc(-c2c(F)cccc2F)nc1C. The van der Waals surface area contributed by atoms with Crippen LogP contribution >= 0.6 is 11.3 Å². The summed E-state index contributed by atoms with van der Waals surface area (Å²) in [6, 6.07) is 3.67. The number of rotatable bonds is 4. The number of benzene rings is 1. The third-order valence-electron chi connectivity index (χ3n) is 3.22. The number of hydrogen-bond donors (Lipinski definition) is 0. The Bertz CT molecular complexity index is 645. The van der Waals surface area contributed by atoms with Gasteiger partial charge in [-0.15, -0.1) is 11.3 Å². The molecule has 2 aromatic rings. The van der Waals surface area contributed by atoms with Gasteiger partial charge in [-0.3, -0.25) is 4.79 Å². The first-order valence-electron chi connectivity index (χ1n) is 6.70. The summed E-state index contributed by atoms with van der Waals surface area (Å²) in [6.45, 7) is 6.60. The molecule has 0 saturated carbocycles. The fourth-order valence-corrected chi connectivity index (χ4v) is 3.14. The third kappa shape index (κ3) is 2.95. The highest BCUT2D eigenvalue weighted by molar-refractivity contribution is 7.17. The highest BCUT2D eigenvalue weighted by atomic mass is 32.1. The first kappa shape index (κ1) is 15.6. The highest BCUT2D eigenvalue weighted by Gasteiger charge is 2.22. The molecule has 1 aromatic heterocycles. The molecule has 0 aliphatic heterocycles. The van der Waals surface area contributed by atoms with Crippen molar-refractivity contribution in [3.63, 3.8) is 0 Å². The summed E-state index contributed by atoms with van der Waals surface area (Å²) < 4.78 is 27.6. The van der Waals surface area contributed by atoms with Gasteiger partial charge in [-0.2, -0.15) is 0 Å². The van der Waals surface area contributed by atoms with Gasteiger partial charge in [-0.25, -0.2) is 13.8 Å². The molecular formula is C15H16F2N2OS. The standard InChI is InChI=1S/C15H16F2N2OS/c1-4-19(5-2)15(20)13-9(3)18-14(21-13)12-10(16)7-6-8-11(12)17/h6-8H,4-5H2,1-3H3. The lowest BCUT2D eigenvalue weighted by Crippen LogP contribution is -2.30. The predicted molar refractivity (Wildman–Crippen MR) is 79.5 cm³/mol. The molecule has 1 aromatic carbocycles.